The molecule has 1 heterocycles. The lowest BCUT2D eigenvalue weighted by molar-refractivity contribution is -0.121. The van der Waals surface area contributed by atoms with E-state index < -0.39 is 0 Å². The molecule has 20 heavy (non-hydrogen) atoms. The van der Waals surface area contributed by atoms with E-state index in [2.05, 4.69) is 6.07 Å². The van der Waals surface area contributed by atoms with Crippen molar-refractivity contribution in [3.05, 3.63) is 59.7 Å². The van der Waals surface area contributed by atoms with Crippen LogP contribution in [0, 0.1) is 11.3 Å². The maximum absolute atomic E-state index is 12.0. The summed E-state index contributed by atoms with van der Waals surface area (Å²) in [5.41, 5.74) is 2.38. The predicted octanol–water partition coefficient (Wildman–Crippen LogP) is 2.48. The van der Waals surface area contributed by atoms with Gasteiger partial charge in [-0.25, -0.2) is 0 Å². The number of benzene rings is 2. The van der Waals surface area contributed by atoms with Crippen LogP contribution in [-0.2, 0) is 11.3 Å². The third-order valence-corrected chi connectivity index (χ3v) is 3.23. The molecule has 0 atom stereocenters. The van der Waals surface area contributed by atoms with E-state index in [1.165, 1.54) is 0 Å². The van der Waals surface area contributed by atoms with Crippen LogP contribution in [0.3, 0.4) is 0 Å². The van der Waals surface area contributed by atoms with Crippen LogP contribution in [0.4, 0.5) is 5.69 Å². The fourth-order valence-corrected chi connectivity index (χ4v) is 2.19. The van der Waals surface area contributed by atoms with Crippen LogP contribution in [-0.4, -0.2) is 12.5 Å². The first-order valence-electron chi connectivity index (χ1n) is 6.29. The summed E-state index contributed by atoms with van der Waals surface area (Å²) in [7, 11) is 0. The van der Waals surface area contributed by atoms with Gasteiger partial charge < -0.3 is 9.64 Å². The summed E-state index contributed by atoms with van der Waals surface area (Å²) in [6, 6.07) is 16.8. The zero-order chi connectivity index (χ0) is 13.9. The largest absolute Gasteiger partial charge is 0.482 e. The van der Waals surface area contributed by atoms with E-state index in [1.807, 2.05) is 36.4 Å². The maximum atomic E-state index is 12.0. The van der Waals surface area contributed by atoms with E-state index in [1.54, 1.807) is 17.0 Å². The molecule has 0 aromatic heterocycles. The molecule has 0 fully saturated rings. The third kappa shape index (κ3) is 2.21. The number of amides is 1. The van der Waals surface area contributed by atoms with E-state index in [4.69, 9.17) is 10.00 Å². The number of nitrogens with zero attached hydrogens (tertiary/aromatic N) is 2. The Morgan fingerprint density at radius 3 is 2.65 bits per heavy atom. The van der Waals surface area contributed by atoms with Gasteiger partial charge in [-0.15, -0.1) is 0 Å². The molecule has 4 nitrogen and oxygen atoms in total. The molecule has 1 amide bonds. The number of hydrogen-bond acceptors (Lipinski definition) is 3. The van der Waals surface area contributed by atoms with Gasteiger partial charge in [0.1, 0.15) is 5.75 Å². The topological polar surface area (TPSA) is 53.3 Å². The van der Waals surface area contributed by atoms with Gasteiger partial charge in [-0.05, 0) is 29.8 Å². The van der Waals surface area contributed by atoms with Gasteiger partial charge in [-0.1, -0.05) is 24.3 Å². The smallest absolute Gasteiger partial charge is 0.265 e. The molecule has 0 spiro atoms. The Morgan fingerprint density at radius 1 is 1.15 bits per heavy atom. The monoisotopic (exact) mass is 264 g/mol. The van der Waals surface area contributed by atoms with E-state index in [9.17, 15) is 4.79 Å². The molecule has 1 aliphatic heterocycles. The number of fused-ring (bicyclic) bond motifs is 1. The lowest BCUT2D eigenvalue weighted by Crippen LogP contribution is -2.38. The number of nitriles is 1. The second kappa shape index (κ2) is 5.06. The number of carbonyl (C=O) groups is 1. The first kappa shape index (κ1) is 12.2. The number of carbonyl (C=O) groups excluding carboxylic acids is 1. The average Bonchev–Trinajstić information content (AvgIpc) is 2.51. The summed E-state index contributed by atoms with van der Waals surface area (Å²) in [6.07, 6.45) is 0. The first-order chi connectivity index (χ1) is 9.78. The second-order valence-corrected chi connectivity index (χ2v) is 4.55. The molecular weight excluding hydrogens is 252 g/mol. The van der Waals surface area contributed by atoms with E-state index in [-0.39, 0.29) is 12.5 Å². The SMILES string of the molecule is N#Cc1ccc(CN2C(=O)COc3ccccc32)cc1. The molecule has 0 bridgehead atoms. The van der Waals surface area contributed by atoms with Crippen molar-refractivity contribution in [1.29, 1.82) is 5.26 Å². The number of anilines is 1. The highest BCUT2D eigenvalue weighted by Crippen LogP contribution is 2.32. The number of para-hydroxylation sites is 2. The normalized spacial score (nSPS) is 13.3. The van der Waals surface area contributed by atoms with Crippen LogP contribution in [0.25, 0.3) is 0 Å². The fourth-order valence-electron chi connectivity index (χ4n) is 2.19. The minimum absolute atomic E-state index is 0.0620. The van der Waals surface area contributed by atoms with Crippen LogP contribution >= 0.6 is 0 Å². The molecule has 0 aliphatic carbocycles. The Balaban J connectivity index is 1.89. The summed E-state index contributed by atoms with van der Waals surface area (Å²) in [6.45, 7) is 0.540. The first-order valence-corrected chi connectivity index (χ1v) is 6.29. The van der Waals surface area contributed by atoms with Crippen molar-refractivity contribution in [1.82, 2.24) is 0 Å². The van der Waals surface area contributed by atoms with Gasteiger partial charge in [0.2, 0.25) is 0 Å². The molecule has 4 heteroatoms. The highest BCUT2D eigenvalue weighted by molar-refractivity contribution is 5.97. The van der Waals surface area contributed by atoms with E-state index in [0.29, 0.717) is 12.1 Å². The van der Waals surface area contributed by atoms with Crippen molar-refractivity contribution in [3.8, 4) is 11.8 Å². The summed E-state index contributed by atoms with van der Waals surface area (Å²) in [5, 5.41) is 8.79. The molecule has 0 N–H and O–H groups in total. The molecule has 2 aromatic rings. The van der Waals surface area contributed by atoms with Crippen molar-refractivity contribution in [2.45, 2.75) is 6.54 Å². The maximum Gasteiger partial charge on any atom is 0.265 e. The summed E-state index contributed by atoms with van der Waals surface area (Å²) in [5.74, 6) is 0.661. The zero-order valence-corrected chi connectivity index (χ0v) is 10.7. The van der Waals surface area contributed by atoms with E-state index >= 15 is 0 Å². The molecular formula is C16H12N2O2. The van der Waals surface area contributed by atoms with Crippen LogP contribution in [0.15, 0.2) is 48.5 Å². The molecule has 0 unspecified atom stereocenters. The Hall–Kier alpha value is -2.80. The number of hydrogen-bond donors (Lipinski definition) is 0. The molecule has 3 rings (SSSR count). The molecule has 0 saturated heterocycles. The minimum Gasteiger partial charge on any atom is -0.482 e. The van der Waals surface area contributed by atoms with Gasteiger partial charge in [0.15, 0.2) is 6.61 Å². The minimum atomic E-state index is -0.0620. The number of rotatable bonds is 2. The molecule has 1 aliphatic rings. The fraction of sp³-hybridized carbons (Fsp3) is 0.125. The molecule has 2 aromatic carbocycles. The lowest BCUT2D eigenvalue weighted by atomic mass is 10.1. The van der Waals surface area contributed by atoms with Crippen LogP contribution in [0.5, 0.6) is 5.75 Å². The highest BCUT2D eigenvalue weighted by Gasteiger charge is 2.24. The Morgan fingerprint density at radius 2 is 1.90 bits per heavy atom. The second-order valence-electron chi connectivity index (χ2n) is 4.55. The Bertz CT molecular complexity index is 686. The lowest BCUT2D eigenvalue weighted by Gasteiger charge is -2.29. The van der Waals surface area contributed by atoms with Gasteiger partial charge in [0, 0.05) is 0 Å². The summed E-state index contributed by atoms with van der Waals surface area (Å²) in [4.78, 5) is 13.7. The zero-order valence-electron chi connectivity index (χ0n) is 10.7. The Labute approximate surface area is 116 Å². The van der Waals surface area contributed by atoms with Crippen molar-refractivity contribution >= 4 is 11.6 Å². The van der Waals surface area contributed by atoms with Crippen molar-refractivity contribution < 1.29 is 9.53 Å². The van der Waals surface area contributed by atoms with Gasteiger partial charge in [-0.3, -0.25) is 4.79 Å². The van der Waals surface area contributed by atoms with Crippen LogP contribution < -0.4 is 9.64 Å². The Kier molecular flexibility index (Phi) is 3.10. The van der Waals surface area contributed by atoms with Gasteiger partial charge >= 0.3 is 0 Å². The van der Waals surface area contributed by atoms with Crippen molar-refractivity contribution in [2.24, 2.45) is 0 Å². The molecule has 98 valence electrons. The molecule has 0 radical (unpaired) electrons. The van der Waals surface area contributed by atoms with Gasteiger partial charge in [-0.2, -0.15) is 5.26 Å². The quantitative estimate of drug-likeness (QED) is 0.837. The van der Waals surface area contributed by atoms with Gasteiger partial charge in [0.25, 0.3) is 5.91 Å². The highest BCUT2D eigenvalue weighted by atomic mass is 16.5. The van der Waals surface area contributed by atoms with Gasteiger partial charge in [0.05, 0.1) is 23.9 Å². The standard InChI is InChI=1S/C16H12N2O2/c17-9-12-5-7-13(8-6-12)10-18-14-3-1-2-4-15(14)20-11-16(18)19/h1-8H,10-11H2. The van der Waals surface area contributed by atoms with Crippen LogP contribution in [0.1, 0.15) is 11.1 Å². The average molecular weight is 264 g/mol. The summed E-state index contributed by atoms with van der Waals surface area (Å²) >= 11 is 0. The predicted molar refractivity (Wildman–Crippen MR) is 74.3 cm³/mol. The molecule has 0 saturated carbocycles. The number of ether oxygens (including phenoxy) is 1. The summed E-state index contributed by atoms with van der Waals surface area (Å²) < 4.78 is 5.41. The third-order valence-electron chi connectivity index (χ3n) is 3.23. The van der Waals surface area contributed by atoms with Crippen molar-refractivity contribution in [2.75, 3.05) is 11.5 Å². The van der Waals surface area contributed by atoms with Crippen LogP contribution in [0.2, 0.25) is 0 Å². The van der Waals surface area contributed by atoms with E-state index in [0.717, 1.165) is 17.0 Å². The van der Waals surface area contributed by atoms with Crippen molar-refractivity contribution in [3.63, 3.8) is 0 Å².